The molecule has 0 unspecified atom stereocenters. The number of nitrogen functional groups attached to an aromatic ring is 1. The lowest BCUT2D eigenvalue weighted by molar-refractivity contribution is -0.124. The number of H-pyrrole nitrogens is 1. The summed E-state index contributed by atoms with van der Waals surface area (Å²) >= 11 is 0. The number of benzene rings is 2. The molecule has 122 valence electrons. The van der Waals surface area contributed by atoms with Gasteiger partial charge in [-0.25, -0.2) is 0 Å². The van der Waals surface area contributed by atoms with Crippen LogP contribution in [0.5, 0.6) is 5.75 Å². The predicted octanol–water partition coefficient (Wildman–Crippen LogP) is 4.14. The lowest BCUT2D eigenvalue weighted by Gasteiger charge is -2.10. The highest BCUT2D eigenvalue weighted by molar-refractivity contribution is 5.99. The molecule has 0 fully saturated rings. The first-order valence-corrected chi connectivity index (χ1v) is 7.59. The molecule has 6 nitrogen and oxygen atoms in total. The van der Waals surface area contributed by atoms with Crippen LogP contribution in [0.3, 0.4) is 0 Å². The second-order valence-electron chi connectivity index (χ2n) is 5.55. The number of aryl methyl sites for hydroxylation is 1. The Balaban J connectivity index is 1.74. The highest BCUT2D eigenvalue weighted by Crippen LogP contribution is 2.30. The minimum atomic E-state index is -0.728. The highest BCUT2D eigenvalue weighted by atomic mass is 16.5. The van der Waals surface area contributed by atoms with Crippen molar-refractivity contribution in [3.05, 3.63) is 54.1 Å². The average molecular weight is 322 g/mol. The van der Waals surface area contributed by atoms with Gasteiger partial charge in [0.2, 0.25) is 0 Å². The molecule has 2 aromatic carbocycles. The molecule has 0 aliphatic heterocycles. The summed E-state index contributed by atoms with van der Waals surface area (Å²) in [5.74, 6) is 1.12. The number of ether oxygens (including phenoxy) is 1. The number of rotatable bonds is 4. The largest absolute Gasteiger partial charge is 0.481 e. The number of nitrogens with two attached hydrogens (primary N) is 1. The molecule has 3 rings (SSSR count). The molecule has 1 heterocycles. The number of carbonyl (C=O) groups excluding carboxylic acids is 1. The summed E-state index contributed by atoms with van der Waals surface area (Å²) in [7, 11) is 0. The van der Waals surface area contributed by atoms with E-state index in [0.717, 1.165) is 16.3 Å². The zero-order chi connectivity index (χ0) is 17.1. The smallest absolute Gasteiger partial charge is 0.304 e. The second kappa shape index (κ2) is 6.54. The molecule has 0 saturated carbocycles. The number of azo groups is 1. The predicted molar refractivity (Wildman–Crippen MR) is 93.5 cm³/mol. The summed E-state index contributed by atoms with van der Waals surface area (Å²) in [4.78, 5) is 15.0. The van der Waals surface area contributed by atoms with Crippen molar-refractivity contribution < 1.29 is 9.53 Å². The van der Waals surface area contributed by atoms with Crippen LogP contribution < -0.4 is 10.5 Å². The van der Waals surface area contributed by atoms with E-state index < -0.39 is 12.0 Å². The van der Waals surface area contributed by atoms with Gasteiger partial charge in [0.15, 0.2) is 11.9 Å². The van der Waals surface area contributed by atoms with Crippen molar-refractivity contribution in [2.75, 3.05) is 5.73 Å². The Morgan fingerprint density at radius 1 is 1.17 bits per heavy atom. The molecule has 0 spiro atoms. The zero-order valence-electron chi connectivity index (χ0n) is 13.5. The monoisotopic (exact) mass is 322 g/mol. The third-order valence-electron chi connectivity index (χ3n) is 3.62. The van der Waals surface area contributed by atoms with Crippen molar-refractivity contribution in [2.24, 2.45) is 10.2 Å². The maximum atomic E-state index is 12.1. The number of aromatic nitrogens is 1. The first-order valence-electron chi connectivity index (χ1n) is 7.59. The molecule has 1 aromatic heterocycles. The number of anilines is 1. The van der Waals surface area contributed by atoms with Gasteiger partial charge in [-0.05, 0) is 31.5 Å². The topological polar surface area (TPSA) is 92.8 Å². The summed E-state index contributed by atoms with van der Waals surface area (Å²) in [6.45, 7) is 3.60. The van der Waals surface area contributed by atoms with Crippen LogP contribution in [0.1, 0.15) is 12.5 Å². The summed E-state index contributed by atoms with van der Waals surface area (Å²) in [6, 6.07) is 15.0. The van der Waals surface area contributed by atoms with Gasteiger partial charge in [-0.3, -0.25) is 4.79 Å². The Hall–Kier alpha value is -3.15. The van der Waals surface area contributed by atoms with Gasteiger partial charge in [0.1, 0.15) is 11.6 Å². The third-order valence-corrected chi connectivity index (χ3v) is 3.62. The molecule has 3 N–H and O–H groups in total. The molecule has 0 aliphatic carbocycles. The Kier molecular flexibility index (Phi) is 4.29. The van der Waals surface area contributed by atoms with E-state index in [0.29, 0.717) is 17.4 Å². The molecular formula is C18H18N4O2. The van der Waals surface area contributed by atoms with Crippen molar-refractivity contribution in [3.63, 3.8) is 0 Å². The lowest BCUT2D eigenvalue weighted by atomic mass is 10.2. The van der Waals surface area contributed by atoms with E-state index in [4.69, 9.17) is 10.5 Å². The summed E-state index contributed by atoms with van der Waals surface area (Å²) in [6.07, 6.45) is -0.728. The molecule has 0 radical (unpaired) electrons. The molecule has 6 heteroatoms. The maximum absolute atomic E-state index is 12.1. The molecule has 0 aliphatic rings. The van der Waals surface area contributed by atoms with E-state index in [1.807, 2.05) is 49.4 Å². The van der Waals surface area contributed by atoms with Gasteiger partial charge in [-0.15, -0.1) is 10.2 Å². The van der Waals surface area contributed by atoms with Crippen LogP contribution in [0.2, 0.25) is 0 Å². The van der Waals surface area contributed by atoms with Gasteiger partial charge in [-0.1, -0.05) is 36.4 Å². The fourth-order valence-corrected chi connectivity index (χ4v) is 2.39. The quantitative estimate of drug-likeness (QED) is 0.707. The first-order chi connectivity index (χ1) is 11.5. The molecule has 0 saturated heterocycles. The van der Waals surface area contributed by atoms with Crippen LogP contribution in [0, 0.1) is 6.92 Å². The minimum Gasteiger partial charge on any atom is -0.481 e. The van der Waals surface area contributed by atoms with Crippen molar-refractivity contribution in [2.45, 2.75) is 20.0 Å². The van der Waals surface area contributed by atoms with Crippen LogP contribution in [0.25, 0.3) is 10.8 Å². The molecule has 1 amide bonds. The fraction of sp³-hybridized carbons (Fsp3) is 0.167. The SMILES string of the molecule is Cc1cccc(O[C@H](C)C(=O)N=Nc2[nH]c(N)c3ccccc23)c1. The second-order valence-corrected chi connectivity index (χ2v) is 5.55. The molecule has 24 heavy (non-hydrogen) atoms. The van der Waals surface area contributed by atoms with Crippen LogP contribution in [-0.2, 0) is 4.79 Å². The van der Waals surface area contributed by atoms with Crippen LogP contribution >= 0.6 is 0 Å². The summed E-state index contributed by atoms with van der Waals surface area (Å²) < 4.78 is 5.60. The number of fused-ring (bicyclic) bond motifs is 1. The highest BCUT2D eigenvalue weighted by Gasteiger charge is 2.15. The normalized spacial score (nSPS) is 12.6. The molecule has 3 aromatic rings. The number of hydrogen-bond donors (Lipinski definition) is 2. The van der Waals surface area contributed by atoms with E-state index in [9.17, 15) is 4.79 Å². The van der Waals surface area contributed by atoms with Gasteiger partial charge in [-0.2, -0.15) is 0 Å². The molecule has 1 atom stereocenters. The van der Waals surface area contributed by atoms with Crippen molar-refractivity contribution in [3.8, 4) is 5.75 Å². The van der Waals surface area contributed by atoms with E-state index in [-0.39, 0.29) is 0 Å². The molecular weight excluding hydrogens is 304 g/mol. The molecule has 0 bridgehead atoms. The number of hydrogen-bond acceptors (Lipinski definition) is 4. The summed E-state index contributed by atoms with van der Waals surface area (Å²) in [5.41, 5.74) is 6.95. The van der Waals surface area contributed by atoms with Gasteiger partial charge in [0.05, 0.1) is 0 Å². The van der Waals surface area contributed by atoms with Gasteiger partial charge in [0, 0.05) is 10.8 Å². The maximum Gasteiger partial charge on any atom is 0.304 e. The standard InChI is InChI=1S/C18H18N4O2/c1-11-6-5-7-13(10-11)24-12(2)18(23)22-21-17-15-9-4-3-8-14(15)16(19)20-17/h3-10,12,20H,19H2,1-2H3/t12-/m1/s1. The summed E-state index contributed by atoms with van der Waals surface area (Å²) in [5, 5.41) is 9.41. The Labute approximate surface area is 139 Å². The number of nitrogens with one attached hydrogen (secondary N) is 1. The van der Waals surface area contributed by atoms with E-state index in [1.54, 1.807) is 13.0 Å². The zero-order valence-corrected chi connectivity index (χ0v) is 13.5. The third kappa shape index (κ3) is 3.27. The Morgan fingerprint density at radius 2 is 1.92 bits per heavy atom. The van der Waals surface area contributed by atoms with Gasteiger partial charge < -0.3 is 15.5 Å². The van der Waals surface area contributed by atoms with E-state index in [1.165, 1.54) is 0 Å². The Morgan fingerprint density at radius 3 is 2.67 bits per heavy atom. The number of carbonyl (C=O) groups is 1. The average Bonchev–Trinajstić information content (AvgIpc) is 2.89. The van der Waals surface area contributed by atoms with Crippen LogP contribution in [0.4, 0.5) is 11.6 Å². The van der Waals surface area contributed by atoms with Crippen molar-refractivity contribution in [1.82, 2.24) is 4.98 Å². The number of nitrogens with zero attached hydrogens (tertiary/aromatic N) is 2. The van der Waals surface area contributed by atoms with Crippen molar-refractivity contribution in [1.29, 1.82) is 0 Å². The number of amides is 1. The van der Waals surface area contributed by atoms with Gasteiger partial charge >= 0.3 is 5.91 Å². The Bertz CT molecular complexity index is 914. The number of aromatic amines is 1. The van der Waals surface area contributed by atoms with Crippen molar-refractivity contribution >= 4 is 28.3 Å². The fourth-order valence-electron chi connectivity index (χ4n) is 2.39. The van der Waals surface area contributed by atoms with E-state index in [2.05, 4.69) is 15.2 Å². The van der Waals surface area contributed by atoms with Gasteiger partial charge in [0.25, 0.3) is 0 Å². The minimum absolute atomic E-state index is 0.458. The lowest BCUT2D eigenvalue weighted by Crippen LogP contribution is -2.21. The van der Waals surface area contributed by atoms with E-state index >= 15 is 0 Å². The first kappa shape index (κ1) is 15.7. The van der Waals surface area contributed by atoms with Crippen LogP contribution in [0.15, 0.2) is 58.8 Å². The van der Waals surface area contributed by atoms with Crippen LogP contribution in [-0.4, -0.2) is 17.0 Å².